The minimum atomic E-state index is -0.904. The number of carboxylic acid groups (broad SMARTS) is 1. The maximum atomic E-state index is 11.1. The normalized spacial score (nSPS) is 13.7. The maximum Gasteiger partial charge on any atom is 0.335 e. The summed E-state index contributed by atoms with van der Waals surface area (Å²) in [5.41, 5.74) is 6.32. The number of aryl methyl sites for hydroxylation is 1. The average molecular weight is 360 g/mol. The van der Waals surface area contributed by atoms with Crippen molar-refractivity contribution in [1.29, 1.82) is 0 Å². The molecule has 1 aliphatic heterocycles. The van der Waals surface area contributed by atoms with Crippen LogP contribution in [0.2, 0.25) is 0 Å². The Bertz CT molecular complexity index is 970. The molecule has 0 atom stereocenters. The Morgan fingerprint density at radius 3 is 2.56 bits per heavy atom. The van der Waals surface area contributed by atoms with Gasteiger partial charge in [0.05, 0.1) is 11.3 Å². The van der Waals surface area contributed by atoms with E-state index in [4.69, 9.17) is 5.11 Å². The van der Waals surface area contributed by atoms with E-state index in [1.165, 1.54) is 23.2 Å². The highest BCUT2D eigenvalue weighted by molar-refractivity contribution is 5.87. The summed E-state index contributed by atoms with van der Waals surface area (Å²) in [7, 11) is 0. The Labute approximate surface area is 159 Å². The molecular weight excluding hydrogens is 336 g/mol. The fraction of sp³-hybridized carbons (Fsp3) is 0.261. The van der Waals surface area contributed by atoms with Crippen LogP contribution in [-0.4, -0.2) is 28.2 Å². The lowest BCUT2D eigenvalue weighted by Gasteiger charge is -2.35. The van der Waals surface area contributed by atoms with E-state index in [-0.39, 0.29) is 0 Å². The second kappa shape index (κ2) is 6.95. The number of nitrogens with zero attached hydrogens (tertiary/aromatic N) is 2. The van der Waals surface area contributed by atoms with Gasteiger partial charge in [-0.05, 0) is 86.3 Å². The molecular formula is C23H24N2O2. The topological polar surface area (TPSA) is 45.5 Å². The number of hydrogen-bond donors (Lipinski definition) is 1. The quantitative estimate of drug-likeness (QED) is 0.712. The van der Waals surface area contributed by atoms with Crippen molar-refractivity contribution >= 4 is 11.7 Å². The first-order valence-electron chi connectivity index (χ1n) is 9.45. The molecule has 1 aliphatic rings. The van der Waals surface area contributed by atoms with Gasteiger partial charge in [0.2, 0.25) is 0 Å². The number of carboxylic acids is 1. The van der Waals surface area contributed by atoms with E-state index in [2.05, 4.69) is 47.6 Å². The largest absolute Gasteiger partial charge is 0.478 e. The first-order valence-corrected chi connectivity index (χ1v) is 9.45. The van der Waals surface area contributed by atoms with Crippen molar-refractivity contribution in [1.82, 2.24) is 4.57 Å². The lowest BCUT2D eigenvalue weighted by atomic mass is 9.97. The Kier molecular flexibility index (Phi) is 4.48. The fourth-order valence-corrected chi connectivity index (χ4v) is 3.93. The molecule has 0 saturated heterocycles. The number of benzene rings is 2. The van der Waals surface area contributed by atoms with Crippen molar-refractivity contribution < 1.29 is 9.90 Å². The van der Waals surface area contributed by atoms with Gasteiger partial charge in [-0.25, -0.2) is 4.79 Å². The highest BCUT2D eigenvalue weighted by atomic mass is 16.4. The van der Waals surface area contributed by atoms with Crippen LogP contribution >= 0.6 is 0 Å². The zero-order valence-corrected chi connectivity index (χ0v) is 15.7. The van der Waals surface area contributed by atoms with E-state index >= 15 is 0 Å². The molecule has 4 rings (SSSR count). The zero-order valence-electron chi connectivity index (χ0n) is 15.7. The summed E-state index contributed by atoms with van der Waals surface area (Å²) >= 11 is 0. The van der Waals surface area contributed by atoms with Crippen LogP contribution in [-0.2, 0) is 6.42 Å². The SMILES string of the molecule is CC(C)N1CCCc2cc(-c3cccn3-c3ccc(C(=O)O)cc3)ccc21. The van der Waals surface area contributed by atoms with Crippen molar-refractivity contribution in [2.24, 2.45) is 0 Å². The number of carbonyl (C=O) groups is 1. The van der Waals surface area contributed by atoms with Gasteiger partial charge in [0.15, 0.2) is 0 Å². The van der Waals surface area contributed by atoms with E-state index in [0.717, 1.165) is 24.3 Å². The van der Waals surface area contributed by atoms with E-state index in [1.54, 1.807) is 12.1 Å². The van der Waals surface area contributed by atoms with Crippen LogP contribution in [0.15, 0.2) is 60.8 Å². The van der Waals surface area contributed by atoms with Crippen LogP contribution < -0.4 is 4.90 Å². The summed E-state index contributed by atoms with van der Waals surface area (Å²) in [6.07, 6.45) is 4.32. The predicted molar refractivity (Wildman–Crippen MR) is 109 cm³/mol. The van der Waals surface area contributed by atoms with Crippen LogP contribution in [0.25, 0.3) is 16.9 Å². The van der Waals surface area contributed by atoms with Gasteiger partial charge in [-0.1, -0.05) is 6.07 Å². The number of rotatable bonds is 4. The molecule has 0 radical (unpaired) electrons. The third-order valence-electron chi connectivity index (χ3n) is 5.29. The molecule has 1 aromatic heterocycles. The summed E-state index contributed by atoms with van der Waals surface area (Å²) < 4.78 is 2.11. The van der Waals surface area contributed by atoms with Crippen LogP contribution in [0.4, 0.5) is 5.69 Å². The molecule has 0 unspecified atom stereocenters. The molecule has 0 saturated carbocycles. The third kappa shape index (κ3) is 3.23. The fourth-order valence-electron chi connectivity index (χ4n) is 3.93. The number of anilines is 1. The lowest BCUT2D eigenvalue weighted by Crippen LogP contribution is -2.35. The summed E-state index contributed by atoms with van der Waals surface area (Å²) in [5.74, 6) is -0.904. The predicted octanol–water partition coefficient (Wildman–Crippen LogP) is 5.00. The van der Waals surface area contributed by atoms with Crippen LogP contribution in [0.1, 0.15) is 36.2 Å². The second-order valence-corrected chi connectivity index (χ2v) is 7.35. The van der Waals surface area contributed by atoms with Crippen LogP contribution in [0, 0.1) is 0 Å². The van der Waals surface area contributed by atoms with E-state index in [9.17, 15) is 4.79 Å². The number of aromatic carboxylic acids is 1. The minimum Gasteiger partial charge on any atom is -0.478 e. The van der Waals surface area contributed by atoms with Gasteiger partial charge in [0.25, 0.3) is 0 Å². The molecule has 0 spiro atoms. The van der Waals surface area contributed by atoms with E-state index < -0.39 is 5.97 Å². The van der Waals surface area contributed by atoms with E-state index in [0.29, 0.717) is 11.6 Å². The average Bonchev–Trinajstić information content (AvgIpc) is 3.16. The summed E-state index contributed by atoms with van der Waals surface area (Å²) in [5, 5.41) is 9.10. The molecule has 2 aromatic carbocycles. The van der Waals surface area contributed by atoms with Gasteiger partial charge < -0.3 is 14.6 Å². The first kappa shape index (κ1) is 17.4. The summed E-state index contributed by atoms with van der Waals surface area (Å²) in [6.45, 7) is 5.61. The van der Waals surface area contributed by atoms with Crippen LogP contribution in [0.3, 0.4) is 0 Å². The molecule has 0 amide bonds. The second-order valence-electron chi connectivity index (χ2n) is 7.35. The number of fused-ring (bicyclic) bond motifs is 1. The molecule has 0 aliphatic carbocycles. The Morgan fingerprint density at radius 2 is 1.85 bits per heavy atom. The smallest absolute Gasteiger partial charge is 0.335 e. The number of aromatic nitrogens is 1. The molecule has 138 valence electrons. The molecule has 4 heteroatoms. The molecule has 1 N–H and O–H groups in total. The first-order chi connectivity index (χ1) is 13.0. The van der Waals surface area contributed by atoms with Crippen molar-refractivity contribution in [2.75, 3.05) is 11.4 Å². The zero-order chi connectivity index (χ0) is 19.0. The molecule has 2 heterocycles. The number of hydrogen-bond acceptors (Lipinski definition) is 2. The Balaban J connectivity index is 1.71. The standard InChI is InChI=1S/C23H24N2O2/c1-16(2)24-13-3-5-18-15-19(9-12-22(18)24)21-6-4-14-25(21)20-10-7-17(8-11-20)23(26)27/h4,6-12,14-16H,3,5,13H2,1-2H3,(H,26,27). The van der Waals surface area contributed by atoms with Crippen molar-refractivity contribution in [3.05, 3.63) is 71.9 Å². The third-order valence-corrected chi connectivity index (χ3v) is 5.29. The minimum absolute atomic E-state index is 0.301. The lowest BCUT2D eigenvalue weighted by molar-refractivity contribution is 0.0697. The molecule has 3 aromatic rings. The van der Waals surface area contributed by atoms with Gasteiger partial charge in [-0.3, -0.25) is 0 Å². The van der Waals surface area contributed by atoms with E-state index in [1.807, 2.05) is 24.4 Å². The maximum absolute atomic E-state index is 11.1. The summed E-state index contributed by atoms with van der Waals surface area (Å²) in [4.78, 5) is 13.6. The summed E-state index contributed by atoms with van der Waals surface area (Å²) in [6, 6.07) is 18.4. The molecule has 27 heavy (non-hydrogen) atoms. The van der Waals surface area contributed by atoms with Crippen molar-refractivity contribution in [2.45, 2.75) is 32.7 Å². The van der Waals surface area contributed by atoms with Gasteiger partial charge in [0.1, 0.15) is 0 Å². The van der Waals surface area contributed by atoms with Gasteiger partial charge in [-0.2, -0.15) is 0 Å². The highest BCUT2D eigenvalue weighted by Crippen LogP contribution is 2.33. The Hall–Kier alpha value is -3.01. The molecule has 0 fully saturated rings. The molecule has 0 bridgehead atoms. The van der Waals surface area contributed by atoms with Crippen LogP contribution in [0.5, 0.6) is 0 Å². The van der Waals surface area contributed by atoms with Gasteiger partial charge in [0, 0.05) is 30.2 Å². The highest BCUT2D eigenvalue weighted by Gasteiger charge is 2.20. The molecule has 4 nitrogen and oxygen atoms in total. The Morgan fingerprint density at radius 1 is 1.07 bits per heavy atom. The van der Waals surface area contributed by atoms with Crippen molar-refractivity contribution in [3.8, 4) is 16.9 Å². The van der Waals surface area contributed by atoms with Crippen molar-refractivity contribution in [3.63, 3.8) is 0 Å². The van der Waals surface area contributed by atoms with Gasteiger partial charge >= 0.3 is 5.97 Å². The van der Waals surface area contributed by atoms with Gasteiger partial charge in [-0.15, -0.1) is 0 Å². The monoisotopic (exact) mass is 360 g/mol.